The van der Waals surface area contributed by atoms with E-state index in [9.17, 15) is 4.79 Å². The molecule has 0 bridgehead atoms. The zero-order valence-corrected chi connectivity index (χ0v) is 8.61. The molecule has 0 fully saturated rings. The van der Waals surface area contributed by atoms with Crippen LogP contribution in [0.4, 0.5) is 5.82 Å². The summed E-state index contributed by atoms with van der Waals surface area (Å²) in [5, 5.41) is 8.99. The van der Waals surface area contributed by atoms with E-state index >= 15 is 0 Å². The Morgan fingerprint density at radius 3 is 3.19 bits per heavy atom. The van der Waals surface area contributed by atoms with Crippen molar-refractivity contribution >= 4 is 5.82 Å². The molecule has 0 aromatic carbocycles. The van der Waals surface area contributed by atoms with Crippen LogP contribution in [0.15, 0.2) is 29.4 Å². The van der Waals surface area contributed by atoms with Gasteiger partial charge in [-0.1, -0.05) is 0 Å². The van der Waals surface area contributed by atoms with Crippen LogP contribution in [0.1, 0.15) is 12.5 Å². The maximum atomic E-state index is 11.6. The number of hydrogen-bond acceptors (Lipinski definition) is 5. The van der Waals surface area contributed by atoms with E-state index < -0.39 is 5.69 Å². The van der Waals surface area contributed by atoms with E-state index in [2.05, 4.69) is 4.98 Å². The van der Waals surface area contributed by atoms with Crippen molar-refractivity contribution in [1.82, 2.24) is 9.55 Å². The fourth-order valence-corrected chi connectivity index (χ4v) is 1.65. The fourth-order valence-electron chi connectivity index (χ4n) is 1.65. The summed E-state index contributed by atoms with van der Waals surface area (Å²) in [4.78, 5) is 15.2. The Bertz CT molecular complexity index is 455. The summed E-state index contributed by atoms with van der Waals surface area (Å²) >= 11 is 0. The zero-order valence-electron chi connectivity index (χ0n) is 8.61. The van der Waals surface area contributed by atoms with Gasteiger partial charge in [0.05, 0.1) is 18.9 Å². The monoisotopic (exact) mass is 223 g/mol. The van der Waals surface area contributed by atoms with E-state index in [1.165, 1.54) is 10.8 Å². The number of nitrogens with zero attached hydrogens (tertiary/aromatic N) is 2. The number of rotatable bonds is 2. The van der Waals surface area contributed by atoms with Crippen molar-refractivity contribution < 1.29 is 9.84 Å². The first-order valence-corrected chi connectivity index (χ1v) is 4.98. The van der Waals surface area contributed by atoms with Crippen molar-refractivity contribution in [3.63, 3.8) is 0 Å². The largest absolute Gasteiger partial charge is 0.496 e. The number of aromatic nitrogens is 2. The molecule has 2 atom stereocenters. The molecular formula is C10H13N3O3. The van der Waals surface area contributed by atoms with Crippen LogP contribution in [0, 0.1) is 0 Å². The van der Waals surface area contributed by atoms with E-state index in [1.807, 2.05) is 0 Å². The van der Waals surface area contributed by atoms with Crippen LogP contribution in [0.3, 0.4) is 0 Å². The fraction of sp³-hybridized carbons (Fsp3) is 0.400. The van der Waals surface area contributed by atoms with E-state index in [-0.39, 0.29) is 24.6 Å². The Kier molecular flexibility index (Phi) is 2.91. The lowest BCUT2D eigenvalue weighted by molar-refractivity contribution is 0.0515. The lowest BCUT2D eigenvalue weighted by Crippen LogP contribution is -2.31. The molecule has 0 amide bonds. The third kappa shape index (κ3) is 2.06. The summed E-state index contributed by atoms with van der Waals surface area (Å²) in [6, 6.07) is 1.42. The second kappa shape index (κ2) is 4.36. The number of allylic oxidation sites excluding steroid dienone is 1. The summed E-state index contributed by atoms with van der Waals surface area (Å²) in [5.41, 5.74) is 5.01. The van der Waals surface area contributed by atoms with E-state index in [0.29, 0.717) is 6.42 Å². The molecule has 86 valence electrons. The zero-order chi connectivity index (χ0) is 11.5. The lowest BCUT2D eigenvalue weighted by atomic mass is 10.1. The van der Waals surface area contributed by atoms with Gasteiger partial charge < -0.3 is 15.6 Å². The molecule has 1 aliphatic heterocycles. The van der Waals surface area contributed by atoms with Crippen LogP contribution in [-0.2, 0) is 4.74 Å². The van der Waals surface area contributed by atoms with Gasteiger partial charge in [0.15, 0.2) is 0 Å². The number of hydrogen-bond donors (Lipinski definition) is 2. The Hall–Kier alpha value is -1.82. The van der Waals surface area contributed by atoms with E-state index in [4.69, 9.17) is 15.6 Å². The first kappa shape index (κ1) is 10.7. The van der Waals surface area contributed by atoms with Gasteiger partial charge in [-0.05, 0) is 12.1 Å². The molecule has 16 heavy (non-hydrogen) atoms. The Morgan fingerprint density at radius 2 is 2.50 bits per heavy atom. The second-order valence-electron chi connectivity index (χ2n) is 3.61. The molecule has 1 aliphatic rings. The number of aliphatic hydroxyl groups excluding tert-OH is 1. The molecule has 0 saturated heterocycles. The average molecular weight is 223 g/mol. The van der Waals surface area contributed by atoms with Gasteiger partial charge in [0.2, 0.25) is 0 Å². The van der Waals surface area contributed by atoms with Gasteiger partial charge in [-0.2, -0.15) is 4.98 Å². The summed E-state index contributed by atoms with van der Waals surface area (Å²) in [7, 11) is 0. The number of ether oxygens (including phenoxy) is 1. The highest BCUT2D eigenvalue weighted by molar-refractivity contribution is 5.23. The summed E-state index contributed by atoms with van der Waals surface area (Å²) < 4.78 is 6.62. The van der Waals surface area contributed by atoms with Crippen molar-refractivity contribution in [2.45, 2.75) is 18.6 Å². The van der Waals surface area contributed by atoms with Gasteiger partial charge in [0, 0.05) is 12.6 Å². The molecule has 0 saturated carbocycles. The molecule has 6 heteroatoms. The first-order valence-electron chi connectivity index (χ1n) is 4.98. The average Bonchev–Trinajstić information content (AvgIpc) is 2.29. The van der Waals surface area contributed by atoms with Crippen LogP contribution >= 0.6 is 0 Å². The van der Waals surface area contributed by atoms with Gasteiger partial charge in [0.1, 0.15) is 11.9 Å². The van der Waals surface area contributed by atoms with Gasteiger partial charge in [-0.15, -0.1) is 0 Å². The Morgan fingerprint density at radius 1 is 1.69 bits per heavy atom. The van der Waals surface area contributed by atoms with Crippen molar-refractivity contribution in [3.05, 3.63) is 35.1 Å². The first-order chi connectivity index (χ1) is 7.70. The number of nitrogen functional groups attached to an aromatic ring is 1. The molecule has 2 heterocycles. The summed E-state index contributed by atoms with van der Waals surface area (Å²) in [6.45, 7) is -0.0714. The smallest absolute Gasteiger partial charge is 0.350 e. The Labute approximate surface area is 92.0 Å². The second-order valence-corrected chi connectivity index (χ2v) is 3.61. The van der Waals surface area contributed by atoms with Gasteiger partial charge in [-0.3, -0.25) is 4.57 Å². The maximum absolute atomic E-state index is 11.6. The quantitative estimate of drug-likeness (QED) is 0.716. The highest BCUT2D eigenvalue weighted by Crippen LogP contribution is 2.20. The van der Waals surface area contributed by atoms with Crippen LogP contribution in [0.2, 0.25) is 0 Å². The standard InChI is InChI=1S/C10H13N3O3/c11-9-1-3-13(10(15)12-9)7-2-4-16-8(5-7)6-14/h1-4,7-8,14H,5-6H2,(H2,11,12,15)/t7-,8-/m0/s1. The highest BCUT2D eigenvalue weighted by Gasteiger charge is 2.20. The molecule has 6 nitrogen and oxygen atoms in total. The maximum Gasteiger partial charge on any atom is 0.350 e. The molecule has 2 rings (SSSR count). The van der Waals surface area contributed by atoms with Crippen molar-refractivity contribution in [3.8, 4) is 0 Å². The molecule has 1 aromatic heterocycles. The topological polar surface area (TPSA) is 90.4 Å². The normalized spacial score (nSPS) is 24.1. The van der Waals surface area contributed by atoms with Gasteiger partial charge in [0.25, 0.3) is 0 Å². The van der Waals surface area contributed by atoms with Gasteiger partial charge >= 0.3 is 5.69 Å². The number of nitrogens with two attached hydrogens (primary N) is 1. The SMILES string of the molecule is Nc1ccn([C@H]2C=CO[C@H](CO)C2)c(=O)n1. The van der Waals surface area contributed by atoms with Crippen LogP contribution in [0.25, 0.3) is 0 Å². The summed E-state index contributed by atoms with van der Waals surface area (Å²) in [6.07, 6.45) is 5.11. The third-order valence-electron chi connectivity index (χ3n) is 2.49. The molecule has 0 aliphatic carbocycles. The van der Waals surface area contributed by atoms with Crippen molar-refractivity contribution in [2.75, 3.05) is 12.3 Å². The predicted molar refractivity (Wildman–Crippen MR) is 57.7 cm³/mol. The summed E-state index contributed by atoms with van der Waals surface area (Å²) in [5.74, 6) is 0.205. The van der Waals surface area contributed by atoms with Crippen LogP contribution < -0.4 is 11.4 Å². The third-order valence-corrected chi connectivity index (χ3v) is 2.49. The predicted octanol–water partition coefficient (Wildman–Crippen LogP) is -0.339. The van der Waals surface area contributed by atoms with Crippen LogP contribution in [-0.4, -0.2) is 27.4 Å². The molecule has 1 aromatic rings. The highest BCUT2D eigenvalue weighted by atomic mass is 16.5. The molecule has 3 N–H and O–H groups in total. The van der Waals surface area contributed by atoms with E-state index in [1.54, 1.807) is 18.3 Å². The van der Waals surface area contributed by atoms with E-state index in [0.717, 1.165) is 0 Å². The minimum absolute atomic E-state index is 0.0714. The lowest BCUT2D eigenvalue weighted by Gasteiger charge is -2.25. The van der Waals surface area contributed by atoms with Crippen molar-refractivity contribution in [1.29, 1.82) is 0 Å². The number of anilines is 1. The molecular weight excluding hydrogens is 210 g/mol. The van der Waals surface area contributed by atoms with Crippen LogP contribution in [0.5, 0.6) is 0 Å². The number of aliphatic hydroxyl groups is 1. The minimum atomic E-state index is -0.395. The van der Waals surface area contributed by atoms with Crippen molar-refractivity contribution in [2.24, 2.45) is 0 Å². The Balaban J connectivity index is 2.27. The van der Waals surface area contributed by atoms with Gasteiger partial charge in [-0.25, -0.2) is 4.79 Å². The molecule has 0 unspecified atom stereocenters. The molecule has 0 radical (unpaired) electrons. The minimum Gasteiger partial charge on any atom is -0.496 e. The molecule has 0 spiro atoms.